The SMILES string of the molecule is O=[N+]([O-])c1cc(CS(=O)(=O)Cc2cc([N+](=O)[O-])cc([N+](=O)[O-])c2)cc([N+](=O)[O-])c1. The Kier molecular flexibility index (Phi) is 5.82. The van der Waals surface area contributed by atoms with Crippen LogP contribution in [0, 0.1) is 40.5 Å². The maximum Gasteiger partial charge on any atom is 0.276 e. The van der Waals surface area contributed by atoms with Crippen molar-refractivity contribution in [3.8, 4) is 0 Å². The molecule has 152 valence electrons. The van der Waals surface area contributed by atoms with Crippen LogP contribution in [0.2, 0.25) is 0 Å². The van der Waals surface area contributed by atoms with E-state index in [9.17, 15) is 48.9 Å². The fourth-order valence-corrected chi connectivity index (χ4v) is 3.91. The molecule has 0 aliphatic rings. The summed E-state index contributed by atoms with van der Waals surface area (Å²) in [6.45, 7) is 0. The van der Waals surface area contributed by atoms with E-state index in [0.717, 1.165) is 24.3 Å². The molecule has 2 rings (SSSR count). The number of rotatable bonds is 8. The van der Waals surface area contributed by atoms with Crippen LogP contribution in [0.25, 0.3) is 0 Å². The summed E-state index contributed by atoms with van der Waals surface area (Å²) in [6.07, 6.45) is 0. The van der Waals surface area contributed by atoms with Crippen LogP contribution in [0.15, 0.2) is 36.4 Å². The number of hydrogen-bond acceptors (Lipinski definition) is 10. The molecule has 15 heteroatoms. The first kappa shape index (κ1) is 21.3. The smallest absolute Gasteiger partial charge is 0.258 e. The highest BCUT2D eigenvalue weighted by molar-refractivity contribution is 7.89. The first-order valence-electron chi connectivity index (χ1n) is 7.44. The van der Waals surface area contributed by atoms with Gasteiger partial charge in [-0.1, -0.05) is 0 Å². The summed E-state index contributed by atoms with van der Waals surface area (Å²) >= 11 is 0. The lowest BCUT2D eigenvalue weighted by molar-refractivity contribution is -0.394. The van der Waals surface area contributed by atoms with Crippen molar-refractivity contribution in [1.29, 1.82) is 0 Å². The second kappa shape index (κ2) is 7.93. The number of sulfone groups is 1. The zero-order valence-corrected chi connectivity index (χ0v) is 15.0. The number of hydrogen-bond donors (Lipinski definition) is 0. The minimum Gasteiger partial charge on any atom is -0.258 e. The van der Waals surface area contributed by atoms with Gasteiger partial charge in [0.05, 0.1) is 43.3 Å². The lowest BCUT2D eigenvalue weighted by Gasteiger charge is -2.06. The Labute approximate surface area is 160 Å². The molecular weight excluding hydrogens is 416 g/mol. The molecule has 0 aliphatic carbocycles. The summed E-state index contributed by atoms with van der Waals surface area (Å²) in [5.41, 5.74) is -3.23. The molecule has 0 atom stereocenters. The predicted molar refractivity (Wildman–Crippen MR) is 95.8 cm³/mol. The number of non-ortho nitro benzene ring substituents is 4. The Balaban J connectivity index is 2.41. The van der Waals surface area contributed by atoms with Gasteiger partial charge in [-0.15, -0.1) is 0 Å². The summed E-state index contributed by atoms with van der Waals surface area (Å²) in [7, 11) is -4.15. The van der Waals surface area contributed by atoms with Crippen LogP contribution in [0.4, 0.5) is 22.7 Å². The van der Waals surface area contributed by atoms with Crippen molar-refractivity contribution in [2.75, 3.05) is 0 Å². The molecule has 2 aromatic rings. The van der Waals surface area contributed by atoms with Crippen molar-refractivity contribution < 1.29 is 28.1 Å². The van der Waals surface area contributed by atoms with Gasteiger partial charge in [0.15, 0.2) is 9.84 Å². The van der Waals surface area contributed by atoms with E-state index in [1.165, 1.54) is 0 Å². The van der Waals surface area contributed by atoms with E-state index in [0.29, 0.717) is 12.1 Å². The zero-order valence-electron chi connectivity index (χ0n) is 14.2. The van der Waals surface area contributed by atoms with Crippen molar-refractivity contribution in [2.24, 2.45) is 0 Å². The molecule has 29 heavy (non-hydrogen) atoms. The lowest BCUT2D eigenvalue weighted by atomic mass is 10.2. The maximum atomic E-state index is 12.4. The molecular formula is C14H10N4O10S. The Morgan fingerprint density at radius 2 is 0.793 bits per heavy atom. The van der Waals surface area contributed by atoms with Gasteiger partial charge in [-0.25, -0.2) is 8.42 Å². The van der Waals surface area contributed by atoms with E-state index in [4.69, 9.17) is 0 Å². The maximum absolute atomic E-state index is 12.4. The predicted octanol–water partition coefficient (Wildman–Crippen LogP) is 2.43. The molecule has 2 aromatic carbocycles. The van der Waals surface area contributed by atoms with Crippen molar-refractivity contribution >= 4 is 32.6 Å². The molecule has 0 saturated heterocycles. The molecule has 0 bridgehead atoms. The van der Waals surface area contributed by atoms with Crippen LogP contribution in [0.5, 0.6) is 0 Å². The topological polar surface area (TPSA) is 207 Å². The Hall–Kier alpha value is -4.01. The van der Waals surface area contributed by atoms with Gasteiger partial charge in [-0.3, -0.25) is 40.5 Å². The molecule has 14 nitrogen and oxygen atoms in total. The third-order valence-corrected chi connectivity index (χ3v) is 5.09. The van der Waals surface area contributed by atoms with Crippen molar-refractivity contribution in [2.45, 2.75) is 11.5 Å². The molecule has 0 spiro atoms. The van der Waals surface area contributed by atoms with E-state index in [1.54, 1.807) is 0 Å². The van der Waals surface area contributed by atoms with Gasteiger partial charge in [0.1, 0.15) is 0 Å². The highest BCUT2D eigenvalue weighted by Gasteiger charge is 2.23. The fraction of sp³-hybridized carbons (Fsp3) is 0.143. The van der Waals surface area contributed by atoms with Gasteiger partial charge in [-0.2, -0.15) is 0 Å². The summed E-state index contributed by atoms with van der Waals surface area (Å²) in [5, 5.41) is 43.6. The highest BCUT2D eigenvalue weighted by atomic mass is 32.2. The van der Waals surface area contributed by atoms with Crippen LogP contribution >= 0.6 is 0 Å². The number of nitro benzene ring substituents is 4. The number of benzene rings is 2. The standard InChI is InChI=1S/C14H10N4O10S/c19-15(20)11-1-9(2-12(5-11)16(21)22)7-29(27,28)8-10-3-13(17(23)24)6-14(4-10)18(25)26/h1-6H,7-8H2. The largest absolute Gasteiger partial charge is 0.276 e. The molecule has 0 heterocycles. The van der Waals surface area contributed by atoms with E-state index in [2.05, 4.69) is 0 Å². The zero-order chi connectivity index (χ0) is 21.9. The van der Waals surface area contributed by atoms with Gasteiger partial charge in [0.2, 0.25) is 0 Å². The summed E-state index contributed by atoms with van der Waals surface area (Å²) in [6, 6.07) is 4.72. The first-order valence-corrected chi connectivity index (χ1v) is 9.26. The van der Waals surface area contributed by atoms with Crippen LogP contribution in [-0.4, -0.2) is 28.1 Å². The highest BCUT2D eigenvalue weighted by Crippen LogP contribution is 2.27. The third-order valence-electron chi connectivity index (χ3n) is 3.54. The van der Waals surface area contributed by atoms with E-state index < -0.39 is 63.8 Å². The number of nitro groups is 4. The minimum absolute atomic E-state index is 0.245. The normalized spacial score (nSPS) is 11.0. The second-order valence-corrected chi connectivity index (χ2v) is 7.84. The Bertz CT molecular complexity index is 997. The van der Waals surface area contributed by atoms with Gasteiger partial charge in [-0.05, 0) is 11.1 Å². The minimum atomic E-state index is -4.15. The van der Waals surface area contributed by atoms with Crippen molar-refractivity contribution in [1.82, 2.24) is 0 Å². The van der Waals surface area contributed by atoms with Gasteiger partial charge in [0.25, 0.3) is 22.7 Å². The molecule has 0 unspecified atom stereocenters. The van der Waals surface area contributed by atoms with Gasteiger partial charge >= 0.3 is 0 Å². The lowest BCUT2D eigenvalue weighted by Crippen LogP contribution is -2.09. The van der Waals surface area contributed by atoms with Crippen LogP contribution in [-0.2, 0) is 21.3 Å². The average Bonchev–Trinajstić information content (AvgIpc) is 2.59. The molecule has 0 amide bonds. The Morgan fingerprint density at radius 1 is 0.552 bits per heavy atom. The quantitative estimate of drug-likeness (QED) is 0.444. The van der Waals surface area contributed by atoms with E-state index in [1.807, 2.05) is 0 Å². The van der Waals surface area contributed by atoms with Crippen LogP contribution < -0.4 is 0 Å². The van der Waals surface area contributed by atoms with E-state index in [-0.39, 0.29) is 11.1 Å². The molecule has 0 radical (unpaired) electrons. The number of nitrogens with zero attached hydrogens (tertiary/aromatic N) is 4. The summed E-state index contributed by atoms with van der Waals surface area (Å²) < 4.78 is 24.8. The monoisotopic (exact) mass is 426 g/mol. The molecule has 0 saturated carbocycles. The fourth-order valence-electron chi connectivity index (χ4n) is 2.46. The Morgan fingerprint density at radius 3 is 1.00 bits per heavy atom. The summed E-state index contributed by atoms with van der Waals surface area (Å²) in [4.78, 5) is 39.9. The van der Waals surface area contributed by atoms with Gasteiger partial charge in [0, 0.05) is 24.3 Å². The molecule has 0 fully saturated rings. The molecule has 0 aromatic heterocycles. The van der Waals surface area contributed by atoms with Crippen LogP contribution in [0.1, 0.15) is 11.1 Å². The van der Waals surface area contributed by atoms with E-state index >= 15 is 0 Å². The average molecular weight is 426 g/mol. The summed E-state index contributed by atoms with van der Waals surface area (Å²) in [5.74, 6) is -1.71. The van der Waals surface area contributed by atoms with Crippen LogP contribution in [0.3, 0.4) is 0 Å². The molecule has 0 aliphatic heterocycles. The van der Waals surface area contributed by atoms with Crippen molar-refractivity contribution in [3.05, 3.63) is 88.0 Å². The van der Waals surface area contributed by atoms with Gasteiger partial charge < -0.3 is 0 Å². The molecule has 0 N–H and O–H groups in total. The third kappa shape index (κ3) is 5.48. The second-order valence-electron chi connectivity index (χ2n) is 5.78. The van der Waals surface area contributed by atoms with Crippen molar-refractivity contribution in [3.63, 3.8) is 0 Å². The first-order chi connectivity index (χ1) is 13.4.